The van der Waals surface area contributed by atoms with Gasteiger partial charge in [-0.2, -0.15) is 13.2 Å². The van der Waals surface area contributed by atoms with E-state index in [0.29, 0.717) is 31.3 Å². The Balaban J connectivity index is 1.90. The lowest BCUT2D eigenvalue weighted by Crippen LogP contribution is -2.59. The smallest absolute Gasteiger partial charge is 0.416 e. The summed E-state index contributed by atoms with van der Waals surface area (Å²) in [5, 5.41) is 0. The molecule has 2 fully saturated rings. The maximum Gasteiger partial charge on any atom is 0.416 e. The normalized spacial score (nSPS) is 41.2. The Morgan fingerprint density at radius 2 is 1.81 bits per heavy atom. The highest BCUT2D eigenvalue weighted by Crippen LogP contribution is 2.69. The van der Waals surface area contributed by atoms with Crippen LogP contribution in [0.25, 0.3) is 0 Å². The van der Waals surface area contributed by atoms with E-state index < -0.39 is 40.1 Å². The first kappa shape index (κ1) is 23.0. The maximum atomic E-state index is 14.2. The number of ether oxygens (including phenoxy) is 1. The van der Waals surface area contributed by atoms with Gasteiger partial charge in [-0.1, -0.05) is 26.5 Å². The number of rotatable bonds is 2. The Morgan fingerprint density at radius 3 is 2.38 bits per heavy atom. The number of fused-ring (bicyclic) bond motifs is 5. The molecule has 4 aliphatic rings. The minimum absolute atomic E-state index is 0.0979. The lowest BCUT2D eigenvalue weighted by Gasteiger charge is -2.58. The number of alkyl halides is 3. The molecule has 0 aromatic rings. The van der Waals surface area contributed by atoms with Gasteiger partial charge in [0.15, 0.2) is 17.2 Å². The molecule has 0 unspecified atom stereocenters. The van der Waals surface area contributed by atoms with Crippen LogP contribution >= 0.6 is 0 Å². The van der Waals surface area contributed by atoms with Gasteiger partial charge < -0.3 is 4.74 Å². The molecule has 7 heteroatoms. The molecule has 0 aromatic heterocycles. The van der Waals surface area contributed by atoms with Gasteiger partial charge in [-0.3, -0.25) is 14.4 Å². The average molecular weight is 450 g/mol. The van der Waals surface area contributed by atoms with Crippen molar-refractivity contribution in [1.29, 1.82) is 0 Å². The molecule has 0 aromatic carbocycles. The minimum Gasteiger partial charge on any atom is -0.446 e. The molecular weight excluding hydrogens is 421 g/mol. The van der Waals surface area contributed by atoms with Crippen molar-refractivity contribution in [1.82, 2.24) is 0 Å². The van der Waals surface area contributed by atoms with E-state index in [1.54, 1.807) is 0 Å². The molecule has 4 rings (SSSR count). The van der Waals surface area contributed by atoms with Crippen LogP contribution in [-0.4, -0.2) is 29.3 Å². The second-order valence-corrected chi connectivity index (χ2v) is 10.4. The highest BCUT2D eigenvalue weighted by Gasteiger charge is 2.70. The molecule has 4 aliphatic carbocycles. The second kappa shape index (κ2) is 6.91. The first-order chi connectivity index (χ1) is 14.7. The summed E-state index contributed by atoms with van der Waals surface area (Å²) in [5.41, 5.74) is -3.33. The minimum atomic E-state index is -4.59. The fraction of sp³-hybridized carbons (Fsp3) is 0.640. The molecular formula is C25H29F3O4. The molecule has 0 amide bonds. The fourth-order valence-corrected chi connectivity index (χ4v) is 7.47. The van der Waals surface area contributed by atoms with Crippen LogP contribution in [0.15, 0.2) is 35.5 Å². The van der Waals surface area contributed by atoms with Crippen LogP contribution in [0, 0.1) is 28.6 Å². The van der Waals surface area contributed by atoms with Gasteiger partial charge in [0.05, 0.1) is 5.57 Å². The zero-order chi connectivity index (χ0) is 23.9. The van der Waals surface area contributed by atoms with Crippen LogP contribution in [0.1, 0.15) is 59.8 Å². The van der Waals surface area contributed by atoms with E-state index in [9.17, 15) is 27.6 Å². The number of esters is 1. The summed E-state index contributed by atoms with van der Waals surface area (Å²) >= 11 is 0. The second-order valence-electron chi connectivity index (χ2n) is 10.4. The van der Waals surface area contributed by atoms with Gasteiger partial charge in [0, 0.05) is 18.8 Å². The lowest BCUT2D eigenvalue weighted by atomic mass is 9.47. The third-order valence-corrected chi connectivity index (χ3v) is 8.87. The number of carbonyl (C=O) groups is 3. The van der Waals surface area contributed by atoms with Crippen LogP contribution in [0.5, 0.6) is 0 Å². The maximum absolute atomic E-state index is 14.2. The number of hydrogen-bond acceptors (Lipinski definition) is 4. The number of Topliss-reactive ketones (excluding diaryl/α,β-unsaturated/α-hetero) is 1. The molecule has 0 N–H and O–H groups in total. The van der Waals surface area contributed by atoms with Crippen LogP contribution in [0.2, 0.25) is 0 Å². The Labute approximate surface area is 186 Å². The van der Waals surface area contributed by atoms with Gasteiger partial charge >= 0.3 is 12.1 Å². The van der Waals surface area contributed by atoms with Gasteiger partial charge in [0.2, 0.25) is 0 Å². The number of allylic oxidation sites excluding steroid dienone is 4. The van der Waals surface area contributed by atoms with Crippen LogP contribution in [0.4, 0.5) is 13.2 Å². The van der Waals surface area contributed by atoms with Crippen molar-refractivity contribution < 1.29 is 32.3 Å². The van der Waals surface area contributed by atoms with Crippen molar-refractivity contribution in [2.75, 3.05) is 0 Å². The summed E-state index contributed by atoms with van der Waals surface area (Å²) in [6, 6.07) is 0. The van der Waals surface area contributed by atoms with Crippen LogP contribution in [0.3, 0.4) is 0 Å². The van der Waals surface area contributed by atoms with Gasteiger partial charge in [0.25, 0.3) is 0 Å². The molecule has 0 radical (unpaired) electrons. The molecule has 0 aliphatic heterocycles. The lowest BCUT2D eigenvalue weighted by molar-refractivity contribution is -0.180. The molecule has 0 heterocycles. The Kier molecular flexibility index (Phi) is 4.96. The summed E-state index contributed by atoms with van der Waals surface area (Å²) in [6.07, 6.45) is -0.0872. The Morgan fingerprint density at radius 1 is 1.16 bits per heavy atom. The molecule has 6 atom stereocenters. The molecule has 0 bridgehead atoms. The molecule has 174 valence electrons. The quantitative estimate of drug-likeness (QED) is 0.424. The van der Waals surface area contributed by atoms with E-state index >= 15 is 0 Å². The zero-order valence-electron chi connectivity index (χ0n) is 18.9. The van der Waals surface area contributed by atoms with Crippen LogP contribution < -0.4 is 0 Å². The van der Waals surface area contributed by atoms with E-state index in [0.717, 1.165) is 0 Å². The predicted molar refractivity (Wildman–Crippen MR) is 111 cm³/mol. The third kappa shape index (κ3) is 2.85. The summed E-state index contributed by atoms with van der Waals surface area (Å²) in [5.74, 6) is -2.11. The summed E-state index contributed by atoms with van der Waals surface area (Å²) < 4.78 is 48.2. The summed E-state index contributed by atoms with van der Waals surface area (Å²) in [7, 11) is 0. The highest BCUT2D eigenvalue weighted by molar-refractivity contribution is 5.93. The van der Waals surface area contributed by atoms with Gasteiger partial charge in [-0.25, -0.2) is 0 Å². The molecule has 4 nitrogen and oxygen atoms in total. The SMILES string of the molecule is C=C1C[C@H]2[C@@H]3C=C(C(F)(F)F)C4=CC(=O)CC[C@]4(C)[C@H]3CC[C@]2(C)[C@@]1(OC(C)=O)C(C)=O. The number of hydrogen-bond donors (Lipinski definition) is 0. The topological polar surface area (TPSA) is 60.4 Å². The van der Waals surface area contributed by atoms with Crippen molar-refractivity contribution >= 4 is 17.5 Å². The van der Waals surface area contributed by atoms with E-state index in [4.69, 9.17) is 4.74 Å². The number of ketones is 2. The number of carbonyl (C=O) groups excluding carboxylic acids is 3. The molecule has 2 saturated carbocycles. The van der Waals surface area contributed by atoms with E-state index in [1.165, 1.54) is 26.0 Å². The third-order valence-electron chi connectivity index (χ3n) is 8.87. The predicted octanol–water partition coefficient (Wildman–Crippen LogP) is 5.28. The Hall–Kier alpha value is -2.18. The fourth-order valence-electron chi connectivity index (χ4n) is 7.47. The molecule has 0 spiro atoms. The van der Waals surface area contributed by atoms with Crippen molar-refractivity contribution in [3.8, 4) is 0 Å². The van der Waals surface area contributed by atoms with Crippen molar-refractivity contribution in [3.63, 3.8) is 0 Å². The van der Waals surface area contributed by atoms with Gasteiger partial charge in [-0.05, 0) is 73.0 Å². The van der Waals surface area contributed by atoms with Crippen LogP contribution in [-0.2, 0) is 19.1 Å². The van der Waals surface area contributed by atoms with Crippen molar-refractivity contribution in [2.45, 2.75) is 71.6 Å². The van der Waals surface area contributed by atoms with E-state index in [2.05, 4.69) is 6.58 Å². The monoisotopic (exact) mass is 450 g/mol. The van der Waals surface area contributed by atoms with E-state index in [1.807, 2.05) is 13.8 Å². The molecule has 32 heavy (non-hydrogen) atoms. The van der Waals surface area contributed by atoms with E-state index in [-0.39, 0.29) is 35.4 Å². The first-order valence-corrected chi connectivity index (χ1v) is 11.1. The van der Waals surface area contributed by atoms with Crippen molar-refractivity contribution in [3.05, 3.63) is 35.5 Å². The largest absolute Gasteiger partial charge is 0.446 e. The van der Waals surface area contributed by atoms with Gasteiger partial charge in [-0.15, -0.1) is 0 Å². The first-order valence-electron chi connectivity index (χ1n) is 11.1. The highest BCUT2D eigenvalue weighted by atomic mass is 19.4. The van der Waals surface area contributed by atoms with Crippen molar-refractivity contribution in [2.24, 2.45) is 28.6 Å². The zero-order valence-corrected chi connectivity index (χ0v) is 18.9. The van der Waals surface area contributed by atoms with Gasteiger partial charge in [0.1, 0.15) is 0 Å². The molecule has 0 saturated heterocycles. The summed E-state index contributed by atoms with van der Waals surface area (Å²) in [4.78, 5) is 37.0. The summed E-state index contributed by atoms with van der Waals surface area (Å²) in [6.45, 7) is 10.4. The average Bonchev–Trinajstić information content (AvgIpc) is 2.89. The Bertz CT molecular complexity index is 990. The number of halogens is 3. The standard InChI is InChI=1S/C25H29F3O4/c1-13-10-19-17-12-21(25(26,27)28)20-11-16(31)6-8-22(20,4)18(17)7-9-23(19,5)24(13,14(2)29)32-15(3)30/h11-12,17-19H,1,6-10H2,2-5H3/t17-,18+,19+,22-,23+,24+/m1/s1.